The van der Waals surface area contributed by atoms with Crippen LogP contribution in [0.15, 0.2) is 48.9 Å². The molecule has 4 heterocycles. The van der Waals surface area contributed by atoms with Crippen molar-refractivity contribution in [3.05, 3.63) is 60.0 Å². The molecule has 1 atom stereocenters. The van der Waals surface area contributed by atoms with Crippen LogP contribution in [0.4, 0.5) is 29.6 Å². The minimum atomic E-state index is -4.56. The van der Waals surface area contributed by atoms with Crippen LogP contribution in [-0.4, -0.2) is 60.3 Å². The van der Waals surface area contributed by atoms with Gasteiger partial charge >= 0.3 is 12.3 Å². The number of pyridine rings is 1. The molecule has 3 aromatic heterocycles. The number of nitrogens with zero attached hydrogens (tertiary/aromatic N) is 6. The van der Waals surface area contributed by atoms with Crippen molar-refractivity contribution in [2.45, 2.75) is 45.0 Å². The molecule has 5 rings (SSSR count). The zero-order valence-electron chi connectivity index (χ0n) is 22.4. The smallest absolute Gasteiger partial charge is 0.416 e. The Hall–Kier alpha value is -4.75. The molecule has 0 aliphatic carbocycles. The Morgan fingerprint density at radius 3 is 2.49 bits per heavy atom. The number of nitrogens with one attached hydrogen (secondary N) is 1. The first-order valence-electron chi connectivity index (χ1n) is 12.7. The van der Waals surface area contributed by atoms with E-state index in [4.69, 9.17) is 15.6 Å². The fraction of sp³-hybridized carbons (Fsp3) is 0.333. The number of nitrogen functional groups attached to an aromatic ring is 1. The van der Waals surface area contributed by atoms with E-state index in [0.717, 1.165) is 18.3 Å². The highest BCUT2D eigenvalue weighted by molar-refractivity contribution is 6.04. The third kappa shape index (κ3) is 5.90. The zero-order chi connectivity index (χ0) is 29.5. The lowest BCUT2D eigenvalue weighted by atomic mass is 10.1. The molecule has 41 heavy (non-hydrogen) atoms. The molecule has 0 radical (unpaired) electrons. The third-order valence-electron chi connectivity index (χ3n) is 6.43. The molecule has 3 N–H and O–H groups in total. The first-order valence-corrected chi connectivity index (χ1v) is 12.7. The van der Waals surface area contributed by atoms with E-state index >= 15 is 0 Å². The molecule has 1 aromatic carbocycles. The number of likely N-dealkylation sites (tertiary alicyclic amines) is 1. The number of carbonyl (C=O) groups excluding carboxylic acids is 2. The first-order chi connectivity index (χ1) is 19.3. The minimum absolute atomic E-state index is 0.182. The molecule has 14 heteroatoms. The average Bonchev–Trinajstić information content (AvgIpc) is 3.54. The number of ether oxygens (including phenoxy) is 1. The Balaban J connectivity index is 1.39. The van der Waals surface area contributed by atoms with Crippen molar-refractivity contribution in [2.24, 2.45) is 0 Å². The van der Waals surface area contributed by atoms with Gasteiger partial charge in [-0.2, -0.15) is 18.3 Å². The van der Waals surface area contributed by atoms with Gasteiger partial charge in [0.25, 0.3) is 5.91 Å². The molecule has 0 bridgehead atoms. The molecule has 1 fully saturated rings. The van der Waals surface area contributed by atoms with Crippen molar-refractivity contribution in [3.8, 4) is 11.3 Å². The second kappa shape index (κ2) is 10.3. The first kappa shape index (κ1) is 27.8. The maximum atomic E-state index is 13.0. The number of alkyl halides is 3. The average molecular weight is 569 g/mol. The highest BCUT2D eigenvalue weighted by Crippen LogP contribution is 2.34. The number of aromatic nitrogens is 5. The van der Waals surface area contributed by atoms with Gasteiger partial charge in [0.2, 0.25) is 0 Å². The zero-order valence-corrected chi connectivity index (χ0v) is 22.4. The molecule has 1 unspecified atom stereocenters. The molecule has 0 spiro atoms. The lowest BCUT2D eigenvalue weighted by Crippen LogP contribution is -2.35. The quantitative estimate of drug-likeness (QED) is 0.353. The highest BCUT2D eigenvalue weighted by atomic mass is 19.4. The van der Waals surface area contributed by atoms with E-state index in [1.807, 2.05) is 20.8 Å². The molecule has 11 nitrogen and oxygen atoms in total. The Bertz CT molecular complexity index is 1610. The Labute approximate surface area is 232 Å². The third-order valence-corrected chi connectivity index (χ3v) is 6.43. The van der Waals surface area contributed by atoms with E-state index < -0.39 is 29.3 Å². The number of benzene rings is 1. The predicted octanol–water partition coefficient (Wildman–Crippen LogP) is 4.92. The number of fused-ring (bicyclic) bond motifs is 1. The van der Waals surface area contributed by atoms with Crippen LogP contribution in [0.2, 0.25) is 0 Å². The second-order valence-corrected chi connectivity index (χ2v) is 10.6. The lowest BCUT2D eigenvalue weighted by molar-refractivity contribution is -0.137. The molecule has 1 aliphatic heterocycles. The number of anilines is 2. The van der Waals surface area contributed by atoms with Gasteiger partial charge in [0.1, 0.15) is 29.3 Å². The van der Waals surface area contributed by atoms with Gasteiger partial charge in [-0.15, -0.1) is 0 Å². The van der Waals surface area contributed by atoms with E-state index in [1.165, 1.54) is 18.5 Å². The topological polar surface area (TPSA) is 141 Å². The van der Waals surface area contributed by atoms with Gasteiger partial charge in [-0.25, -0.2) is 24.4 Å². The largest absolute Gasteiger partial charge is 0.444 e. The van der Waals surface area contributed by atoms with Crippen LogP contribution in [-0.2, 0) is 10.9 Å². The van der Waals surface area contributed by atoms with E-state index in [9.17, 15) is 22.8 Å². The van der Waals surface area contributed by atoms with Crippen molar-refractivity contribution in [2.75, 3.05) is 24.1 Å². The van der Waals surface area contributed by atoms with Crippen LogP contribution in [0.1, 0.15) is 49.2 Å². The van der Waals surface area contributed by atoms with Crippen LogP contribution in [0.5, 0.6) is 0 Å². The van der Waals surface area contributed by atoms with Crippen LogP contribution in [0.25, 0.3) is 22.3 Å². The molecular formula is C27H27F3N8O3. The maximum Gasteiger partial charge on any atom is 0.416 e. The number of carbonyl (C=O) groups is 2. The molecule has 1 saturated heterocycles. The summed E-state index contributed by atoms with van der Waals surface area (Å²) in [7, 11) is 0. The van der Waals surface area contributed by atoms with E-state index in [-0.39, 0.29) is 23.2 Å². The van der Waals surface area contributed by atoms with Crippen LogP contribution >= 0.6 is 0 Å². The summed E-state index contributed by atoms with van der Waals surface area (Å²) in [6.07, 6.45) is -2.02. The van der Waals surface area contributed by atoms with Crippen LogP contribution in [0, 0.1) is 0 Å². The fourth-order valence-corrected chi connectivity index (χ4v) is 4.53. The Morgan fingerprint density at radius 2 is 1.80 bits per heavy atom. The van der Waals surface area contributed by atoms with E-state index in [2.05, 4.69) is 20.3 Å². The second-order valence-electron chi connectivity index (χ2n) is 10.6. The highest BCUT2D eigenvalue weighted by Gasteiger charge is 2.33. The Morgan fingerprint density at radius 1 is 1.07 bits per heavy atom. The molecule has 4 aromatic rings. The standard InChI is InChI=1S/C27H27F3N8O3/c1-26(2,3)41-25(40)37-11-9-18(13-37)38-23-20(22(31)33-14-34-23)21(36-38)15-4-6-16(7-5-15)24(39)35-19-12-17(8-10-32-19)27(28,29)30/h4-8,10,12,14,18H,9,11,13H2,1-3H3,(H2,31,33,34)(H,32,35,39). The van der Waals surface area contributed by atoms with Gasteiger partial charge in [-0.3, -0.25) is 4.79 Å². The monoisotopic (exact) mass is 568 g/mol. The van der Waals surface area contributed by atoms with Crippen molar-refractivity contribution in [1.29, 1.82) is 0 Å². The molecule has 214 valence electrons. The number of halogens is 3. The summed E-state index contributed by atoms with van der Waals surface area (Å²) < 4.78 is 46.2. The van der Waals surface area contributed by atoms with Gasteiger partial charge in [0.05, 0.1) is 17.0 Å². The number of amides is 2. The van der Waals surface area contributed by atoms with Crippen molar-refractivity contribution in [1.82, 2.24) is 29.6 Å². The van der Waals surface area contributed by atoms with Crippen LogP contribution < -0.4 is 11.1 Å². The van der Waals surface area contributed by atoms with E-state index in [1.54, 1.807) is 21.7 Å². The maximum absolute atomic E-state index is 13.0. The van der Waals surface area contributed by atoms with Crippen molar-refractivity contribution >= 4 is 34.7 Å². The van der Waals surface area contributed by atoms with Gasteiger partial charge in [-0.1, -0.05) is 12.1 Å². The summed E-state index contributed by atoms with van der Waals surface area (Å²) in [4.78, 5) is 39.2. The summed E-state index contributed by atoms with van der Waals surface area (Å²) in [5.74, 6) is -0.633. The summed E-state index contributed by atoms with van der Waals surface area (Å²) in [6.45, 7) is 6.28. The SMILES string of the molecule is CC(C)(C)OC(=O)N1CCC(n2nc(-c3ccc(C(=O)Nc4cc(C(F)(F)F)ccn4)cc3)c3c(N)ncnc32)C1. The molecule has 0 saturated carbocycles. The Kier molecular flexibility index (Phi) is 7.01. The number of nitrogens with two attached hydrogens (primary N) is 1. The van der Waals surface area contributed by atoms with Gasteiger partial charge < -0.3 is 20.7 Å². The fourth-order valence-electron chi connectivity index (χ4n) is 4.53. The van der Waals surface area contributed by atoms with Gasteiger partial charge in [0, 0.05) is 30.4 Å². The van der Waals surface area contributed by atoms with Crippen molar-refractivity contribution in [3.63, 3.8) is 0 Å². The minimum Gasteiger partial charge on any atom is -0.444 e. The lowest BCUT2D eigenvalue weighted by Gasteiger charge is -2.24. The number of rotatable bonds is 4. The molecule has 2 amide bonds. The van der Waals surface area contributed by atoms with Crippen molar-refractivity contribution < 1.29 is 27.5 Å². The van der Waals surface area contributed by atoms with E-state index in [0.29, 0.717) is 41.8 Å². The summed E-state index contributed by atoms with van der Waals surface area (Å²) in [6, 6.07) is 7.73. The summed E-state index contributed by atoms with van der Waals surface area (Å²) >= 11 is 0. The predicted molar refractivity (Wildman–Crippen MR) is 144 cm³/mol. The number of hydrogen-bond donors (Lipinski definition) is 2. The van der Waals surface area contributed by atoms with Gasteiger partial charge in [0.15, 0.2) is 5.65 Å². The van der Waals surface area contributed by atoms with Crippen LogP contribution in [0.3, 0.4) is 0 Å². The normalized spacial score (nSPS) is 15.8. The number of hydrogen-bond acceptors (Lipinski definition) is 8. The molecule has 1 aliphatic rings. The summed E-state index contributed by atoms with van der Waals surface area (Å²) in [5.41, 5.74) is 6.49. The van der Waals surface area contributed by atoms with Gasteiger partial charge in [-0.05, 0) is 51.5 Å². The summed E-state index contributed by atoms with van der Waals surface area (Å²) in [5, 5.41) is 7.69. The molecular weight excluding hydrogens is 541 g/mol.